The van der Waals surface area contributed by atoms with E-state index in [1.54, 1.807) is 29.2 Å². The van der Waals surface area contributed by atoms with Gasteiger partial charge in [0.15, 0.2) is 11.5 Å². The van der Waals surface area contributed by atoms with Crippen LogP contribution < -0.4 is 14.8 Å². The summed E-state index contributed by atoms with van der Waals surface area (Å²) in [6, 6.07) is 12.5. The first-order valence-electron chi connectivity index (χ1n) is 7.93. The first-order valence-corrected chi connectivity index (χ1v) is 7.93. The topological polar surface area (TPSA) is 67.9 Å². The Hall–Kier alpha value is -3.28. The van der Waals surface area contributed by atoms with Crippen LogP contribution in [0.4, 0.5) is 5.69 Å². The van der Waals surface area contributed by atoms with Crippen molar-refractivity contribution in [2.75, 3.05) is 18.7 Å². The SMILES string of the molecule is C=C1c2ccccc2C(=O)N1CCC(=O)Nc1ccc2c(c1)OCO2. The molecule has 0 aromatic heterocycles. The zero-order chi connectivity index (χ0) is 17.4. The molecule has 2 aromatic rings. The van der Waals surface area contributed by atoms with E-state index in [0.29, 0.717) is 28.4 Å². The molecule has 2 amide bonds. The number of nitrogens with one attached hydrogen (secondary N) is 1. The van der Waals surface area contributed by atoms with E-state index in [0.717, 1.165) is 5.56 Å². The van der Waals surface area contributed by atoms with Gasteiger partial charge in [-0.15, -0.1) is 0 Å². The number of carbonyl (C=O) groups excluding carboxylic acids is 2. The summed E-state index contributed by atoms with van der Waals surface area (Å²) in [5.74, 6) is 0.970. The molecule has 0 radical (unpaired) electrons. The summed E-state index contributed by atoms with van der Waals surface area (Å²) in [5.41, 5.74) is 2.72. The molecule has 0 aliphatic carbocycles. The standard InChI is InChI=1S/C19H16N2O4/c1-12-14-4-2-3-5-15(14)19(23)21(12)9-8-18(22)20-13-6-7-16-17(10-13)25-11-24-16/h2-7,10H,1,8-9,11H2,(H,20,22). The fourth-order valence-corrected chi connectivity index (χ4v) is 2.98. The van der Waals surface area contributed by atoms with E-state index in [1.807, 2.05) is 18.2 Å². The second kappa shape index (κ2) is 5.98. The maximum atomic E-state index is 12.4. The second-order valence-corrected chi connectivity index (χ2v) is 5.82. The smallest absolute Gasteiger partial charge is 0.258 e. The van der Waals surface area contributed by atoms with Crippen LogP contribution >= 0.6 is 0 Å². The van der Waals surface area contributed by atoms with E-state index < -0.39 is 0 Å². The third-order valence-electron chi connectivity index (χ3n) is 4.26. The molecule has 2 aliphatic rings. The average Bonchev–Trinajstić information content (AvgIpc) is 3.17. The van der Waals surface area contributed by atoms with Crippen LogP contribution in [0.15, 0.2) is 49.0 Å². The molecule has 126 valence electrons. The minimum atomic E-state index is -0.185. The number of rotatable bonds is 4. The van der Waals surface area contributed by atoms with E-state index in [9.17, 15) is 9.59 Å². The Balaban J connectivity index is 1.38. The summed E-state index contributed by atoms with van der Waals surface area (Å²) in [7, 11) is 0. The summed E-state index contributed by atoms with van der Waals surface area (Å²) < 4.78 is 10.5. The predicted octanol–water partition coefficient (Wildman–Crippen LogP) is 2.87. The van der Waals surface area contributed by atoms with Gasteiger partial charge in [0.1, 0.15) is 0 Å². The van der Waals surface area contributed by atoms with Gasteiger partial charge in [0, 0.05) is 41.5 Å². The molecule has 0 atom stereocenters. The van der Waals surface area contributed by atoms with E-state index >= 15 is 0 Å². The molecule has 2 aromatic carbocycles. The van der Waals surface area contributed by atoms with Gasteiger partial charge >= 0.3 is 0 Å². The molecule has 25 heavy (non-hydrogen) atoms. The van der Waals surface area contributed by atoms with Crippen molar-refractivity contribution in [2.45, 2.75) is 6.42 Å². The van der Waals surface area contributed by atoms with Crippen LogP contribution in [0.25, 0.3) is 5.70 Å². The van der Waals surface area contributed by atoms with E-state index in [1.165, 1.54) is 0 Å². The number of ether oxygens (including phenoxy) is 2. The van der Waals surface area contributed by atoms with E-state index in [4.69, 9.17) is 9.47 Å². The minimum absolute atomic E-state index is 0.114. The highest BCUT2D eigenvalue weighted by Gasteiger charge is 2.30. The Kier molecular flexibility index (Phi) is 3.65. The average molecular weight is 336 g/mol. The van der Waals surface area contributed by atoms with Crippen molar-refractivity contribution in [1.82, 2.24) is 4.90 Å². The number of nitrogens with zero attached hydrogens (tertiary/aromatic N) is 1. The van der Waals surface area contributed by atoms with Crippen molar-refractivity contribution in [1.29, 1.82) is 0 Å². The molecule has 6 heteroatoms. The van der Waals surface area contributed by atoms with Crippen LogP contribution in [0, 0.1) is 0 Å². The fourth-order valence-electron chi connectivity index (χ4n) is 2.98. The Morgan fingerprint density at radius 2 is 1.88 bits per heavy atom. The molecule has 0 fully saturated rings. The van der Waals surface area contributed by atoms with Crippen LogP contribution in [-0.2, 0) is 4.79 Å². The minimum Gasteiger partial charge on any atom is -0.454 e. The van der Waals surface area contributed by atoms with Gasteiger partial charge in [0.2, 0.25) is 12.7 Å². The van der Waals surface area contributed by atoms with E-state index in [-0.39, 0.29) is 31.6 Å². The summed E-state index contributed by atoms with van der Waals surface area (Å²) in [5, 5.41) is 2.80. The first kappa shape index (κ1) is 15.3. The molecule has 0 bridgehead atoms. The highest BCUT2D eigenvalue weighted by atomic mass is 16.7. The first-order chi connectivity index (χ1) is 12.1. The Labute approximate surface area is 144 Å². The molecule has 0 saturated carbocycles. The lowest BCUT2D eigenvalue weighted by molar-refractivity contribution is -0.116. The lowest BCUT2D eigenvalue weighted by atomic mass is 10.1. The third kappa shape index (κ3) is 2.71. The number of hydrogen-bond donors (Lipinski definition) is 1. The molecular formula is C19H16N2O4. The molecule has 6 nitrogen and oxygen atoms in total. The number of anilines is 1. The molecule has 0 saturated heterocycles. The molecule has 2 heterocycles. The van der Waals surface area contributed by atoms with Crippen molar-refractivity contribution in [3.8, 4) is 11.5 Å². The number of fused-ring (bicyclic) bond motifs is 2. The number of carbonyl (C=O) groups is 2. The summed E-state index contributed by atoms with van der Waals surface area (Å²) in [6.07, 6.45) is 0.174. The maximum Gasteiger partial charge on any atom is 0.258 e. The third-order valence-corrected chi connectivity index (χ3v) is 4.26. The highest BCUT2D eigenvalue weighted by molar-refractivity contribution is 6.09. The number of amides is 2. The lowest BCUT2D eigenvalue weighted by Gasteiger charge is -2.17. The Morgan fingerprint density at radius 1 is 1.12 bits per heavy atom. The summed E-state index contributed by atoms with van der Waals surface area (Å²) in [6.45, 7) is 4.44. The number of benzene rings is 2. The van der Waals surface area contributed by atoms with Crippen molar-refractivity contribution >= 4 is 23.2 Å². The Bertz CT molecular complexity index is 856. The largest absolute Gasteiger partial charge is 0.454 e. The van der Waals surface area contributed by atoms with Crippen molar-refractivity contribution in [3.63, 3.8) is 0 Å². The monoisotopic (exact) mass is 336 g/mol. The zero-order valence-electron chi connectivity index (χ0n) is 13.5. The summed E-state index contributed by atoms with van der Waals surface area (Å²) >= 11 is 0. The van der Waals surface area contributed by atoms with Crippen LogP contribution in [0.5, 0.6) is 11.5 Å². The van der Waals surface area contributed by atoms with Crippen molar-refractivity contribution < 1.29 is 19.1 Å². The van der Waals surface area contributed by atoms with Gasteiger partial charge in [-0.25, -0.2) is 0 Å². The lowest BCUT2D eigenvalue weighted by Crippen LogP contribution is -2.27. The van der Waals surface area contributed by atoms with Gasteiger partial charge in [-0.2, -0.15) is 0 Å². The van der Waals surface area contributed by atoms with Crippen LogP contribution in [0.2, 0.25) is 0 Å². The van der Waals surface area contributed by atoms with E-state index in [2.05, 4.69) is 11.9 Å². The predicted molar refractivity (Wildman–Crippen MR) is 92.3 cm³/mol. The number of hydrogen-bond acceptors (Lipinski definition) is 4. The van der Waals surface area contributed by atoms with Gasteiger partial charge < -0.3 is 19.7 Å². The molecule has 0 spiro atoms. The van der Waals surface area contributed by atoms with Crippen molar-refractivity contribution in [3.05, 3.63) is 60.2 Å². The van der Waals surface area contributed by atoms with Gasteiger partial charge in [-0.05, 0) is 18.2 Å². The van der Waals surface area contributed by atoms with Crippen LogP contribution in [0.3, 0.4) is 0 Å². The molecule has 1 N–H and O–H groups in total. The fraction of sp³-hybridized carbons (Fsp3) is 0.158. The molecule has 4 rings (SSSR count). The zero-order valence-corrected chi connectivity index (χ0v) is 13.5. The van der Waals surface area contributed by atoms with Gasteiger partial charge in [0.25, 0.3) is 5.91 Å². The highest BCUT2D eigenvalue weighted by Crippen LogP contribution is 2.34. The normalized spacial score (nSPS) is 14.6. The maximum absolute atomic E-state index is 12.4. The van der Waals surface area contributed by atoms with Gasteiger partial charge in [0.05, 0.1) is 0 Å². The van der Waals surface area contributed by atoms with Gasteiger partial charge in [-0.1, -0.05) is 24.8 Å². The second-order valence-electron chi connectivity index (χ2n) is 5.82. The molecule has 2 aliphatic heterocycles. The molecule has 0 unspecified atom stereocenters. The quantitative estimate of drug-likeness (QED) is 0.932. The van der Waals surface area contributed by atoms with Gasteiger partial charge in [-0.3, -0.25) is 9.59 Å². The van der Waals surface area contributed by atoms with Crippen molar-refractivity contribution in [2.24, 2.45) is 0 Å². The summed E-state index contributed by atoms with van der Waals surface area (Å²) in [4.78, 5) is 26.2. The molecular weight excluding hydrogens is 320 g/mol. The van der Waals surface area contributed by atoms with Crippen LogP contribution in [-0.4, -0.2) is 30.1 Å². The van der Waals surface area contributed by atoms with Crippen LogP contribution in [0.1, 0.15) is 22.3 Å². The Morgan fingerprint density at radius 3 is 2.68 bits per heavy atom.